The summed E-state index contributed by atoms with van der Waals surface area (Å²) in [6.07, 6.45) is 1.48. The quantitative estimate of drug-likeness (QED) is 0.745. The smallest absolute Gasteiger partial charge is 0.143 e. The van der Waals surface area contributed by atoms with Crippen LogP contribution in [0.3, 0.4) is 0 Å². The van der Waals surface area contributed by atoms with Gasteiger partial charge in [0.1, 0.15) is 5.82 Å². The van der Waals surface area contributed by atoms with E-state index in [9.17, 15) is 0 Å². The van der Waals surface area contributed by atoms with Gasteiger partial charge < -0.3 is 5.73 Å². The summed E-state index contributed by atoms with van der Waals surface area (Å²) >= 11 is 13.4. The summed E-state index contributed by atoms with van der Waals surface area (Å²) in [4.78, 5) is 3.75. The molecule has 54 valence electrons. The largest absolute Gasteiger partial charge is 0.382 e. The van der Waals surface area contributed by atoms with Gasteiger partial charge in [-0.05, 0) is 22.6 Å². The van der Waals surface area contributed by atoms with Crippen molar-refractivity contribution in [2.75, 3.05) is 5.73 Å². The molecule has 2 nitrogen and oxygen atoms in total. The number of rotatable bonds is 0. The predicted octanol–water partition coefficient (Wildman–Crippen LogP) is 2.58. The van der Waals surface area contributed by atoms with Crippen LogP contribution in [0.4, 0.5) is 5.82 Å². The highest BCUT2D eigenvalue weighted by Gasteiger charge is 2.05. The summed E-state index contributed by atoms with van der Waals surface area (Å²) in [6.45, 7) is 0. The Hall–Kier alpha value is 0.260. The molecule has 0 aliphatic carbocycles. The molecule has 0 aromatic carbocycles. The van der Waals surface area contributed by atoms with Crippen LogP contribution in [0.15, 0.2) is 6.20 Å². The fourth-order valence-electron chi connectivity index (χ4n) is 0.457. The van der Waals surface area contributed by atoms with E-state index in [2.05, 4.69) is 4.98 Å². The first-order valence-corrected chi connectivity index (χ1v) is 4.21. The number of nitrogens with two attached hydrogens (primary N) is 1. The molecule has 5 heteroatoms. The van der Waals surface area contributed by atoms with Gasteiger partial charge in [-0.2, -0.15) is 0 Å². The second kappa shape index (κ2) is 3.11. The second-order valence-electron chi connectivity index (χ2n) is 1.62. The van der Waals surface area contributed by atoms with Gasteiger partial charge in [0.2, 0.25) is 0 Å². The van der Waals surface area contributed by atoms with Gasteiger partial charge in [0, 0.05) is 6.20 Å². The van der Waals surface area contributed by atoms with E-state index in [1.165, 1.54) is 6.20 Å². The molecule has 0 spiro atoms. The Morgan fingerprint density at radius 2 is 2.10 bits per heavy atom. The fraction of sp³-hybridized carbons (Fsp3) is 0. The van der Waals surface area contributed by atoms with Gasteiger partial charge in [0.15, 0.2) is 0 Å². The van der Waals surface area contributed by atoms with Crippen LogP contribution in [-0.4, -0.2) is 4.98 Å². The average molecular weight is 289 g/mol. The maximum absolute atomic E-state index is 5.70. The van der Waals surface area contributed by atoms with Crippen molar-refractivity contribution in [1.82, 2.24) is 4.98 Å². The van der Waals surface area contributed by atoms with Crippen molar-refractivity contribution in [3.63, 3.8) is 0 Å². The number of nitrogens with zero attached hydrogens (tertiary/aromatic N) is 1. The van der Waals surface area contributed by atoms with Crippen LogP contribution in [0, 0.1) is 3.57 Å². The van der Waals surface area contributed by atoms with Crippen molar-refractivity contribution in [3.05, 3.63) is 19.8 Å². The standard InChI is InChI=1S/C5H3Cl2IN2/c6-2-1-10-5(9)3(7)4(2)8/h1H,(H2,9,10). The minimum absolute atomic E-state index is 0.315. The van der Waals surface area contributed by atoms with Gasteiger partial charge in [-0.25, -0.2) is 4.98 Å². The lowest BCUT2D eigenvalue weighted by Crippen LogP contribution is -1.92. The van der Waals surface area contributed by atoms with Crippen LogP contribution >= 0.6 is 45.8 Å². The van der Waals surface area contributed by atoms with E-state index in [1.54, 1.807) is 0 Å². The van der Waals surface area contributed by atoms with Crippen molar-refractivity contribution in [2.24, 2.45) is 0 Å². The Balaban J connectivity index is 3.34. The van der Waals surface area contributed by atoms with Gasteiger partial charge in [0.05, 0.1) is 13.6 Å². The van der Waals surface area contributed by atoms with E-state index in [1.807, 2.05) is 22.6 Å². The lowest BCUT2D eigenvalue weighted by Gasteiger charge is -1.99. The van der Waals surface area contributed by atoms with Crippen LogP contribution in [0.5, 0.6) is 0 Å². The maximum atomic E-state index is 5.70. The molecular formula is C5H3Cl2IN2. The normalized spacial score (nSPS) is 9.90. The molecule has 0 aliphatic rings. The minimum Gasteiger partial charge on any atom is -0.382 e. The summed E-state index contributed by atoms with van der Waals surface area (Å²) in [7, 11) is 0. The molecule has 10 heavy (non-hydrogen) atoms. The van der Waals surface area contributed by atoms with Crippen molar-refractivity contribution in [1.29, 1.82) is 0 Å². The van der Waals surface area contributed by atoms with E-state index < -0.39 is 0 Å². The monoisotopic (exact) mass is 288 g/mol. The zero-order chi connectivity index (χ0) is 7.72. The van der Waals surface area contributed by atoms with Crippen molar-refractivity contribution in [3.8, 4) is 0 Å². The van der Waals surface area contributed by atoms with Crippen molar-refractivity contribution in [2.45, 2.75) is 0 Å². The molecule has 1 aromatic heterocycles. The Bertz CT molecular complexity index is 237. The van der Waals surface area contributed by atoms with Crippen LogP contribution in [-0.2, 0) is 0 Å². The fourth-order valence-corrected chi connectivity index (χ4v) is 1.21. The molecule has 0 bridgehead atoms. The van der Waals surface area contributed by atoms with Crippen LogP contribution in [0.2, 0.25) is 10.0 Å². The molecule has 1 aromatic rings. The van der Waals surface area contributed by atoms with E-state index in [-0.39, 0.29) is 0 Å². The summed E-state index contributed by atoms with van der Waals surface area (Å²) in [5.41, 5.74) is 5.38. The topological polar surface area (TPSA) is 38.9 Å². The van der Waals surface area contributed by atoms with Crippen LogP contribution in [0.25, 0.3) is 0 Å². The summed E-state index contributed by atoms with van der Waals surface area (Å²) in [5, 5.41) is 0.952. The number of nitrogen functional groups attached to an aromatic ring is 1. The third-order valence-electron chi connectivity index (χ3n) is 0.944. The zero-order valence-electron chi connectivity index (χ0n) is 4.74. The number of aromatic nitrogens is 1. The summed E-state index contributed by atoms with van der Waals surface area (Å²) in [5.74, 6) is 0.315. The van der Waals surface area contributed by atoms with E-state index in [0.29, 0.717) is 15.9 Å². The molecule has 0 unspecified atom stereocenters. The van der Waals surface area contributed by atoms with Crippen LogP contribution < -0.4 is 5.73 Å². The van der Waals surface area contributed by atoms with Crippen molar-refractivity contribution >= 4 is 51.6 Å². The highest BCUT2D eigenvalue weighted by molar-refractivity contribution is 14.1. The number of anilines is 1. The molecule has 0 saturated carbocycles. The number of pyridine rings is 1. The van der Waals surface area contributed by atoms with E-state index in [4.69, 9.17) is 28.9 Å². The SMILES string of the molecule is Nc1ncc(Cl)c(I)c1Cl. The highest BCUT2D eigenvalue weighted by Crippen LogP contribution is 2.28. The second-order valence-corrected chi connectivity index (χ2v) is 3.48. The molecule has 1 heterocycles. The third kappa shape index (κ3) is 1.46. The Morgan fingerprint density at radius 1 is 1.50 bits per heavy atom. The van der Waals surface area contributed by atoms with E-state index in [0.717, 1.165) is 3.57 Å². The first-order chi connectivity index (χ1) is 4.63. The molecular weight excluding hydrogens is 286 g/mol. The van der Waals surface area contributed by atoms with Crippen LogP contribution in [0.1, 0.15) is 0 Å². The molecule has 0 aliphatic heterocycles. The third-order valence-corrected chi connectivity index (χ3v) is 3.37. The molecule has 0 saturated heterocycles. The number of hydrogen-bond acceptors (Lipinski definition) is 2. The number of halogens is 3. The first-order valence-electron chi connectivity index (χ1n) is 2.38. The summed E-state index contributed by atoms with van der Waals surface area (Å²) in [6, 6.07) is 0. The lowest BCUT2D eigenvalue weighted by molar-refractivity contribution is 1.32. The molecule has 1 rings (SSSR count). The van der Waals surface area contributed by atoms with E-state index >= 15 is 0 Å². The lowest BCUT2D eigenvalue weighted by atomic mass is 10.5. The summed E-state index contributed by atoms with van der Waals surface area (Å²) < 4.78 is 0.744. The predicted molar refractivity (Wildman–Crippen MR) is 51.4 cm³/mol. The molecule has 0 fully saturated rings. The Morgan fingerprint density at radius 3 is 2.60 bits per heavy atom. The zero-order valence-corrected chi connectivity index (χ0v) is 8.41. The van der Waals surface area contributed by atoms with Gasteiger partial charge in [-0.1, -0.05) is 23.2 Å². The van der Waals surface area contributed by atoms with Gasteiger partial charge in [0.25, 0.3) is 0 Å². The Kier molecular flexibility index (Phi) is 2.60. The Labute approximate surface area is 81.9 Å². The van der Waals surface area contributed by atoms with Gasteiger partial charge in [-0.3, -0.25) is 0 Å². The highest BCUT2D eigenvalue weighted by atomic mass is 127. The van der Waals surface area contributed by atoms with Gasteiger partial charge >= 0.3 is 0 Å². The first kappa shape index (κ1) is 8.36. The minimum atomic E-state index is 0.315. The molecule has 0 radical (unpaired) electrons. The van der Waals surface area contributed by atoms with Crippen molar-refractivity contribution < 1.29 is 0 Å². The maximum Gasteiger partial charge on any atom is 0.143 e. The molecule has 0 amide bonds. The van der Waals surface area contributed by atoms with Gasteiger partial charge in [-0.15, -0.1) is 0 Å². The molecule has 0 atom stereocenters. The number of hydrogen-bond donors (Lipinski definition) is 1. The molecule has 2 N–H and O–H groups in total. The average Bonchev–Trinajstić information content (AvgIpc) is 1.93.